The molecule has 3 aromatic rings. The highest BCUT2D eigenvalue weighted by molar-refractivity contribution is 5.99. The third kappa shape index (κ3) is 3.50. The van der Waals surface area contributed by atoms with Gasteiger partial charge in [0.05, 0.1) is 16.8 Å². The summed E-state index contributed by atoms with van der Waals surface area (Å²) < 4.78 is 0. The molecule has 27 heavy (non-hydrogen) atoms. The Morgan fingerprint density at radius 3 is 2.70 bits per heavy atom. The van der Waals surface area contributed by atoms with Gasteiger partial charge < -0.3 is 11.1 Å². The van der Waals surface area contributed by atoms with Gasteiger partial charge in [-0.25, -0.2) is 4.98 Å². The van der Waals surface area contributed by atoms with Crippen molar-refractivity contribution in [2.45, 2.75) is 44.9 Å². The summed E-state index contributed by atoms with van der Waals surface area (Å²) in [6, 6.07) is 10.1. The number of nitrogens with two attached hydrogens (primary N) is 1. The predicted octanol–water partition coefficient (Wildman–Crippen LogP) is 4.83. The zero-order valence-corrected chi connectivity index (χ0v) is 15.5. The monoisotopic (exact) mass is 360 g/mol. The Balaban J connectivity index is 1.79. The number of carbonyl (C=O) groups is 1. The van der Waals surface area contributed by atoms with E-state index in [4.69, 9.17) is 10.7 Å². The molecular formula is C22H24N4O. The molecule has 2 aromatic heterocycles. The summed E-state index contributed by atoms with van der Waals surface area (Å²) in [4.78, 5) is 21.1. The molecule has 0 spiro atoms. The average Bonchev–Trinajstić information content (AvgIpc) is 2.69. The number of pyridine rings is 2. The number of hydrogen-bond donors (Lipinski definition) is 2. The Morgan fingerprint density at radius 1 is 1.15 bits per heavy atom. The van der Waals surface area contributed by atoms with E-state index in [1.807, 2.05) is 30.5 Å². The van der Waals surface area contributed by atoms with Crippen LogP contribution in [0.1, 0.15) is 59.5 Å². The number of aromatic nitrogens is 2. The average molecular weight is 360 g/mol. The molecule has 138 valence electrons. The minimum atomic E-state index is -0.472. The Kier molecular flexibility index (Phi) is 4.75. The van der Waals surface area contributed by atoms with Gasteiger partial charge in [0.15, 0.2) is 0 Å². The van der Waals surface area contributed by atoms with E-state index in [9.17, 15) is 4.79 Å². The Bertz CT molecular complexity index is 993. The molecule has 1 amide bonds. The summed E-state index contributed by atoms with van der Waals surface area (Å²) >= 11 is 0. The molecule has 0 atom stereocenters. The van der Waals surface area contributed by atoms with Crippen molar-refractivity contribution >= 4 is 28.3 Å². The van der Waals surface area contributed by atoms with Crippen LogP contribution in [0, 0.1) is 6.92 Å². The van der Waals surface area contributed by atoms with E-state index in [0.717, 1.165) is 46.4 Å². The lowest BCUT2D eigenvalue weighted by molar-refractivity contribution is 0.100. The highest BCUT2D eigenvalue weighted by Crippen LogP contribution is 2.38. The van der Waals surface area contributed by atoms with E-state index in [1.165, 1.54) is 19.3 Å². The third-order valence-electron chi connectivity index (χ3n) is 5.46. The molecule has 1 aliphatic rings. The van der Waals surface area contributed by atoms with Gasteiger partial charge in [0.2, 0.25) is 0 Å². The number of para-hydroxylation sites is 1. The maximum absolute atomic E-state index is 12.0. The zero-order valence-electron chi connectivity index (χ0n) is 15.5. The number of hydrogen-bond acceptors (Lipinski definition) is 4. The number of aryl methyl sites for hydroxylation is 1. The van der Waals surface area contributed by atoms with Gasteiger partial charge in [-0.15, -0.1) is 0 Å². The zero-order chi connectivity index (χ0) is 18.8. The molecule has 1 saturated carbocycles. The molecule has 0 radical (unpaired) electrons. The predicted molar refractivity (Wildman–Crippen MR) is 108 cm³/mol. The van der Waals surface area contributed by atoms with Gasteiger partial charge >= 0.3 is 0 Å². The summed E-state index contributed by atoms with van der Waals surface area (Å²) in [6.45, 7) is 2.07. The number of amides is 1. The standard InChI is InChI=1S/C22H24N4O/c1-14-11-20(25-19-10-6-5-9-16(14)19)26-21-17(15-7-3-2-4-8-15)12-24-13-18(21)22(23)27/h5-6,9-13,15H,2-4,7-8H2,1H3,(H2,23,27)(H,24,25,26). The van der Waals surface area contributed by atoms with Crippen LogP contribution in [0.25, 0.3) is 10.9 Å². The molecule has 1 aliphatic carbocycles. The van der Waals surface area contributed by atoms with Gasteiger partial charge in [-0.3, -0.25) is 9.78 Å². The van der Waals surface area contributed by atoms with Crippen molar-refractivity contribution in [3.05, 3.63) is 59.4 Å². The normalized spacial score (nSPS) is 15.0. The maximum Gasteiger partial charge on any atom is 0.252 e. The lowest BCUT2D eigenvalue weighted by Gasteiger charge is -2.25. The molecule has 4 rings (SSSR count). The van der Waals surface area contributed by atoms with Gasteiger partial charge in [-0.2, -0.15) is 0 Å². The number of carbonyl (C=O) groups excluding carboxylic acids is 1. The van der Waals surface area contributed by atoms with Crippen LogP contribution in [-0.4, -0.2) is 15.9 Å². The second kappa shape index (κ2) is 7.35. The van der Waals surface area contributed by atoms with Gasteiger partial charge in [-0.1, -0.05) is 37.5 Å². The number of benzene rings is 1. The summed E-state index contributed by atoms with van der Waals surface area (Å²) in [7, 11) is 0. The molecule has 2 heterocycles. The van der Waals surface area contributed by atoms with Crippen LogP contribution in [0.3, 0.4) is 0 Å². The lowest BCUT2D eigenvalue weighted by Crippen LogP contribution is -2.17. The number of nitrogens with one attached hydrogen (secondary N) is 1. The van der Waals surface area contributed by atoms with Crippen LogP contribution in [0.5, 0.6) is 0 Å². The van der Waals surface area contributed by atoms with Crippen molar-refractivity contribution in [2.24, 2.45) is 5.73 Å². The van der Waals surface area contributed by atoms with Crippen LogP contribution < -0.4 is 11.1 Å². The molecule has 1 fully saturated rings. The Morgan fingerprint density at radius 2 is 1.93 bits per heavy atom. The fourth-order valence-electron chi connectivity index (χ4n) is 4.07. The quantitative estimate of drug-likeness (QED) is 0.698. The lowest BCUT2D eigenvalue weighted by atomic mass is 9.83. The number of fused-ring (bicyclic) bond motifs is 1. The number of anilines is 2. The molecule has 0 unspecified atom stereocenters. The Labute approximate surface area is 159 Å². The van der Waals surface area contributed by atoms with Crippen molar-refractivity contribution in [1.29, 1.82) is 0 Å². The first kappa shape index (κ1) is 17.5. The van der Waals surface area contributed by atoms with E-state index >= 15 is 0 Å². The van der Waals surface area contributed by atoms with Gasteiger partial charge in [0.25, 0.3) is 5.91 Å². The van der Waals surface area contributed by atoms with Crippen LogP contribution in [0.2, 0.25) is 0 Å². The highest BCUT2D eigenvalue weighted by Gasteiger charge is 2.23. The molecular weight excluding hydrogens is 336 g/mol. The van der Waals surface area contributed by atoms with Crippen LogP contribution in [-0.2, 0) is 0 Å². The van der Waals surface area contributed by atoms with E-state index in [2.05, 4.69) is 23.3 Å². The van der Waals surface area contributed by atoms with E-state index < -0.39 is 5.91 Å². The fourth-order valence-corrected chi connectivity index (χ4v) is 4.07. The summed E-state index contributed by atoms with van der Waals surface area (Å²) in [5.74, 6) is 0.645. The fraction of sp³-hybridized carbons (Fsp3) is 0.318. The maximum atomic E-state index is 12.0. The first-order chi connectivity index (χ1) is 13.1. The van der Waals surface area contributed by atoms with Crippen LogP contribution >= 0.6 is 0 Å². The van der Waals surface area contributed by atoms with Gasteiger partial charge in [-0.05, 0) is 48.9 Å². The van der Waals surface area contributed by atoms with E-state index in [1.54, 1.807) is 6.20 Å². The second-order valence-electron chi connectivity index (χ2n) is 7.32. The molecule has 5 nitrogen and oxygen atoms in total. The SMILES string of the molecule is Cc1cc(Nc2c(C(N)=O)cncc2C2CCCCC2)nc2ccccc12. The van der Waals surface area contributed by atoms with Crippen molar-refractivity contribution in [2.75, 3.05) is 5.32 Å². The number of primary amides is 1. The van der Waals surface area contributed by atoms with Crippen molar-refractivity contribution in [3.63, 3.8) is 0 Å². The molecule has 3 N–H and O–H groups in total. The highest BCUT2D eigenvalue weighted by atomic mass is 16.1. The largest absolute Gasteiger partial charge is 0.365 e. The summed E-state index contributed by atoms with van der Waals surface area (Å²) in [5.41, 5.74) is 9.95. The van der Waals surface area contributed by atoms with Crippen molar-refractivity contribution < 1.29 is 4.79 Å². The summed E-state index contributed by atoms with van der Waals surface area (Å²) in [5, 5.41) is 4.53. The molecule has 0 aliphatic heterocycles. The number of nitrogens with zero attached hydrogens (tertiary/aromatic N) is 2. The van der Waals surface area contributed by atoms with E-state index in [0.29, 0.717) is 11.5 Å². The van der Waals surface area contributed by atoms with Gasteiger partial charge in [0, 0.05) is 17.8 Å². The minimum absolute atomic E-state index is 0.398. The molecule has 1 aromatic carbocycles. The molecule has 5 heteroatoms. The molecule has 0 saturated heterocycles. The Hall–Kier alpha value is -2.95. The van der Waals surface area contributed by atoms with Crippen LogP contribution in [0.4, 0.5) is 11.5 Å². The third-order valence-corrected chi connectivity index (χ3v) is 5.46. The topological polar surface area (TPSA) is 80.9 Å². The minimum Gasteiger partial charge on any atom is -0.365 e. The smallest absolute Gasteiger partial charge is 0.252 e. The molecule has 0 bridgehead atoms. The van der Waals surface area contributed by atoms with Crippen molar-refractivity contribution in [1.82, 2.24) is 9.97 Å². The second-order valence-corrected chi connectivity index (χ2v) is 7.32. The van der Waals surface area contributed by atoms with E-state index in [-0.39, 0.29) is 0 Å². The first-order valence-corrected chi connectivity index (χ1v) is 9.54. The van der Waals surface area contributed by atoms with Gasteiger partial charge in [0.1, 0.15) is 5.82 Å². The first-order valence-electron chi connectivity index (χ1n) is 9.54. The van der Waals surface area contributed by atoms with Crippen molar-refractivity contribution in [3.8, 4) is 0 Å². The summed E-state index contributed by atoms with van der Waals surface area (Å²) in [6.07, 6.45) is 9.33. The number of rotatable bonds is 4. The van der Waals surface area contributed by atoms with Crippen LogP contribution in [0.15, 0.2) is 42.7 Å².